The summed E-state index contributed by atoms with van der Waals surface area (Å²) in [5.74, 6) is -1.88. The molecule has 0 N–H and O–H groups in total. The van der Waals surface area contributed by atoms with Gasteiger partial charge in [-0.3, -0.25) is 9.00 Å². The van der Waals surface area contributed by atoms with Crippen LogP contribution in [0, 0.1) is 6.92 Å². The van der Waals surface area contributed by atoms with E-state index in [0.29, 0.717) is 11.6 Å². The highest BCUT2D eigenvalue weighted by Crippen LogP contribution is 2.53. The highest BCUT2D eigenvalue weighted by molar-refractivity contribution is 7.85. The van der Waals surface area contributed by atoms with Crippen LogP contribution in [0.25, 0.3) is 0 Å². The zero-order chi connectivity index (χ0) is 26.1. The van der Waals surface area contributed by atoms with Crippen molar-refractivity contribution in [1.29, 1.82) is 0 Å². The van der Waals surface area contributed by atoms with Crippen molar-refractivity contribution in [3.8, 4) is 0 Å². The lowest BCUT2D eigenvalue weighted by Crippen LogP contribution is -2.50. The average molecular weight is 512 g/mol. The summed E-state index contributed by atoms with van der Waals surface area (Å²) in [4.78, 5) is 25.2. The van der Waals surface area contributed by atoms with Gasteiger partial charge in [0.05, 0.1) is 23.5 Å². The number of carbonyl (C=O) groups is 2. The number of esters is 1. The van der Waals surface area contributed by atoms with Crippen molar-refractivity contribution in [2.45, 2.75) is 43.2 Å². The molecule has 0 amide bonds. The lowest BCUT2D eigenvalue weighted by molar-refractivity contribution is -0.348. The summed E-state index contributed by atoms with van der Waals surface area (Å²) in [7, 11) is -0.735. The molecule has 1 unspecified atom stereocenters. The molecule has 186 valence electrons. The Morgan fingerprint density at radius 1 is 0.912 bits per heavy atom. The second-order valence-corrected chi connectivity index (χ2v) is 8.96. The zero-order valence-corrected chi connectivity index (χ0v) is 18.9. The van der Waals surface area contributed by atoms with E-state index in [9.17, 15) is 44.5 Å². The van der Waals surface area contributed by atoms with Gasteiger partial charge in [0.25, 0.3) is 0 Å². The molecule has 12 heteroatoms. The van der Waals surface area contributed by atoms with Crippen molar-refractivity contribution >= 4 is 22.6 Å². The molecule has 0 bridgehead atoms. The van der Waals surface area contributed by atoms with Gasteiger partial charge < -0.3 is 4.74 Å². The van der Waals surface area contributed by atoms with Gasteiger partial charge in [0.2, 0.25) is 0 Å². The Kier molecular flexibility index (Phi) is 7.96. The van der Waals surface area contributed by atoms with E-state index < -0.39 is 58.1 Å². The monoisotopic (exact) mass is 512 g/mol. The molecule has 0 heterocycles. The Hall–Kier alpha value is -2.76. The van der Waals surface area contributed by atoms with E-state index in [1.54, 1.807) is 19.9 Å². The molecule has 2 rings (SSSR count). The predicted octanol–water partition coefficient (Wildman–Crippen LogP) is 5.62. The first-order valence-corrected chi connectivity index (χ1v) is 11.0. The van der Waals surface area contributed by atoms with Crippen LogP contribution in [0.4, 0.5) is 30.7 Å². The summed E-state index contributed by atoms with van der Waals surface area (Å²) in [5.41, 5.74) is -8.06. The van der Waals surface area contributed by atoms with Crippen LogP contribution < -0.4 is 0 Å². The van der Waals surface area contributed by atoms with E-state index in [1.807, 2.05) is 0 Å². The molecule has 0 aliphatic rings. The van der Waals surface area contributed by atoms with Gasteiger partial charge in [-0.2, -0.15) is 26.3 Å². The molecule has 0 spiro atoms. The van der Waals surface area contributed by atoms with Crippen LogP contribution in [-0.2, 0) is 27.6 Å². The quantitative estimate of drug-likeness (QED) is 0.274. The first-order valence-electron chi connectivity index (χ1n) is 9.64. The van der Waals surface area contributed by atoms with Crippen molar-refractivity contribution in [1.82, 2.24) is 0 Å². The van der Waals surface area contributed by atoms with Crippen LogP contribution in [0.1, 0.15) is 44.3 Å². The molecule has 0 aliphatic heterocycles. The van der Waals surface area contributed by atoms with Gasteiger partial charge in [0.15, 0.2) is 5.78 Å². The van der Waals surface area contributed by atoms with Crippen molar-refractivity contribution in [2.24, 2.45) is 0 Å². The number of aryl methyl sites for hydroxylation is 1. The van der Waals surface area contributed by atoms with Gasteiger partial charge in [-0.05, 0) is 36.2 Å². The van der Waals surface area contributed by atoms with Crippen LogP contribution in [0.15, 0.2) is 41.3 Å². The van der Waals surface area contributed by atoms with E-state index in [-0.39, 0.29) is 33.9 Å². The second kappa shape index (κ2) is 9.85. The summed E-state index contributed by atoms with van der Waals surface area (Å²) < 4.78 is 110. The highest BCUT2D eigenvalue weighted by atomic mass is 32.2. The van der Waals surface area contributed by atoms with E-state index >= 15 is 0 Å². The van der Waals surface area contributed by atoms with Gasteiger partial charge >= 0.3 is 24.0 Å². The molecule has 34 heavy (non-hydrogen) atoms. The Balaban J connectivity index is 2.62. The lowest BCUT2D eigenvalue weighted by atomic mass is 9.89. The number of halogens is 7. The van der Waals surface area contributed by atoms with Gasteiger partial charge in [0.1, 0.15) is 0 Å². The molecule has 0 saturated heterocycles. The molecule has 2 aromatic carbocycles. The zero-order valence-electron chi connectivity index (χ0n) is 18.1. The van der Waals surface area contributed by atoms with Crippen LogP contribution in [0.3, 0.4) is 0 Å². The number of ketones is 1. The Bertz CT molecular complexity index is 1110. The second-order valence-electron chi connectivity index (χ2n) is 7.25. The lowest BCUT2D eigenvalue weighted by Gasteiger charge is -2.30. The van der Waals surface area contributed by atoms with Crippen LogP contribution in [-0.4, -0.2) is 41.2 Å². The fourth-order valence-electron chi connectivity index (χ4n) is 3.20. The fraction of sp³-hybridized carbons (Fsp3) is 0.364. The molecule has 0 radical (unpaired) electrons. The third-order valence-corrected chi connectivity index (χ3v) is 6.34. The minimum atomic E-state index is -6.38. The number of Topliss-reactive ketones (excluding diaryl/α,β-unsaturated/α-hetero) is 1. The molecule has 0 saturated carbocycles. The topological polar surface area (TPSA) is 60.4 Å². The molecule has 0 aliphatic carbocycles. The third kappa shape index (κ3) is 5.16. The standard InChI is InChI=1S/C22H19F7O4S/c1-4-34(32)18-9-12(2)5-8-15(18)17(30)10-13-6-7-14(11-16(13)19(31)33-3)20(23,21(24,25)26)22(27,28)29/h5-9,11H,4,10H2,1-3H3. The number of carbonyl (C=O) groups excluding carboxylic acids is 2. The average Bonchev–Trinajstić information content (AvgIpc) is 2.75. The Labute approximate surface area is 192 Å². The fourth-order valence-corrected chi connectivity index (χ4v) is 4.26. The van der Waals surface area contributed by atoms with Crippen LogP contribution in [0.5, 0.6) is 0 Å². The van der Waals surface area contributed by atoms with Crippen molar-refractivity contribution in [3.63, 3.8) is 0 Å². The van der Waals surface area contributed by atoms with E-state index in [4.69, 9.17) is 0 Å². The third-order valence-electron chi connectivity index (χ3n) is 4.99. The molecule has 0 fully saturated rings. The van der Waals surface area contributed by atoms with Crippen LogP contribution in [0.2, 0.25) is 0 Å². The van der Waals surface area contributed by atoms with Gasteiger partial charge in [-0.25, -0.2) is 9.18 Å². The van der Waals surface area contributed by atoms with Crippen molar-refractivity contribution in [2.75, 3.05) is 12.9 Å². The first-order chi connectivity index (χ1) is 15.6. The minimum Gasteiger partial charge on any atom is -0.465 e. The number of alkyl halides is 7. The number of hydrogen-bond acceptors (Lipinski definition) is 4. The molecule has 4 nitrogen and oxygen atoms in total. The van der Waals surface area contributed by atoms with Crippen molar-refractivity contribution < 1.29 is 49.3 Å². The maximum Gasteiger partial charge on any atom is 0.435 e. The van der Waals surface area contributed by atoms with E-state index in [0.717, 1.165) is 7.11 Å². The van der Waals surface area contributed by atoms with Crippen LogP contribution >= 0.6 is 0 Å². The summed E-state index contributed by atoms with van der Waals surface area (Å²) >= 11 is 0. The maximum atomic E-state index is 14.5. The Morgan fingerprint density at radius 3 is 2.00 bits per heavy atom. The van der Waals surface area contributed by atoms with Gasteiger partial charge in [-0.1, -0.05) is 25.1 Å². The number of methoxy groups -OCH3 is 1. The predicted molar refractivity (Wildman–Crippen MR) is 109 cm³/mol. The molecular weight excluding hydrogens is 493 g/mol. The summed E-state index contributed by atoms with van der Waals surface area (Å²) in [6.45, 7) is 3.31. The molecule has 1 atom stereocenters. The molecule has 0 aromatic heterocycles. The van der Waals surface area contributed by atoms with E-state index in [1.165, 1.54) is 12.1 Å². The molecule has 2 aromatic rings. The number of hydrogen-bond donors (Lipinski definition) is 0. The van der Waals surface area contributed by atoms with Crippen molar-refractivity contribution in [3.05, 3.63) is 64.2 Å². The number of benzene rings is 2. The number of ether oxygens (including phenoxy) is 1. The maximum absolute atomic E-state index is 14.5. The molecular formula is C22H19F7O4S. The number of rotatable bonds is 7. The Morgan fingerprint density at radius 2 is 1.50 bits per heavy atom. The summed E-state index contributed by atoms with van der Waals surface area (Å²) in [6, 6.07) is 5.38. The smallest absolute Gasteiger partial charge is 0.435 e. The largest absolute Gasteiger partial charge is 0.465 e. The van der Waals surface area contributed by atoms with E-state index in [2.05, 4.69) is 4.74 Å². The summed E-state index contributed by atoms with van der Waals surface area (Å²) in [6.07, 6.45) is -13.4. The highest BCUT2D eigenvalue weighted by Gasteiger charge is 2.73. The van der Waals surface area contributed by atoms with Gasteiger partial charge in [-0.15, -0.1) is 0 Å². The van der Waals surface area contributed by atoms with Gasteiger partial charge in [0, 0.05) is 28.2 Å². The normalized spacial score (nSPS) is 13.5. The SMILES string of the molecule is CCS(=O)c1cc(C)ccc1C(=O)Cc1ccc(C(F)(C(F)(F)F)C(F)(F)F)cc1C(=O)OC. The summed E-state index contributed by atoms with van der Waals surface area (Å²) in [5, 5.41) is 0. The first kappa shape index (κ1) is 27.5. The minimum absolute atomic E-state index is 0.0103.